The molecule has 0 bridgehead atoms. The van der Waals surface area contributed by atoms with Crippen molar-refractivity contribution < 1.29 is 19.2 Å². The van der Waals surface area contributed by atoms with E-state index in [0.29, 0.717) is 46.1 Å². The number of hydrogen-bond donors (Lipinski definition) is 0. The molecule has 0 radical (unpaired) electrons. The summed E-state index contributed by atoms with van der Waals surface area (Å²) in [4.78, 5) is 63.4. The van der Waals surface area contributed by atoms with Crippen molar-refractivity contribution in [3.05, 3.63) is 84.0 Å². The van der Waals surface area contributed by atoms with E-state index in [0.717, 1.165) is 0 Å². The molecule has 10 nitrogen and oxygen atoms in total. The minimum atomic E-state index is -0.441. The Hall–Kier alpha value is -4.60. The first kappa shape index (κ1) is 20.0. The molecular weight excluding hydrogens is 436 g/mol. The molecule has 168 valence electrons. The van der Waals surface area contributed by atoms with Crippen LogP contribution >= 0.6 is 0 Å². The van der Waals surface area contributed by atoms with Crippen LogP contribution in [0.2, 0.25) is 0 Å². The highest BCUT2D eigenvalue weighted by atomic mass is 16.2. The van der Waals surface area contributed by atoms with Crippen LogP contribution in [-0.2, 0) is 13.1 Å². The minimum Gasteiger partial charge on any atom is -0.336 e. The molecular formula is C24H18N6O4. The van der Waals surface area contributed by atoms with Crippen LogP contribution in [0.4, 0.5) is 0 Å². The van der Waals surface area contributed by atoms with E-state index in [4.69, 9.17) is 0 Å². The summed E-state index contributed by atoms with van der Waals surface area (Å²) in [5, 5.41) is 0.750. The number of imidazole rings is 2. The first-order valence-corrected chi connectivity index (χ1v) is 10.8. The van der Waals surface area contributed by atoms with Crippen LogP contribution in [-0.4, -0.2) is 65.6 Å². The van der Waals surface area contributed by atoms with E-state index >= 15 is 0 Å². The van der Waals surface area contributed by atoms with Crippen LogP contribution in [0.3, 0.4) is 0 Å². The molecule has 0 N–H and O–H groups in total. The second-order valence-corrected chi connectivity index (χ2v) is 8.20. The molecule has 2 aromatic heterocycles. The van der Waals surface area contributed by atoms with Crippen molar-refractivity contribution in [1.29, 1.82) is 0 Å². The largest absolute Gasteiger partial charge is 0.336 e. The van der Waals surface area contributed by atoms with E-state index in [-0.39, 0.29) is 13.1 Å². The van der Waals surface area contributed by atoms with E-state index in [2.05, 4.69) is 9.97 Å². The first-order valence-electron chi connectivity index (χ1n) is 10.8. The lowest BCUT2D eigenvalue weighted by atomic mass is 9.86. The van der Waals surface area contributed by atoms with Gasteiger partial charge in [-0.1, -0.05) is 0 Å². The summed E-state index contributed by atoms with van der Waals surface area (Å²) >= 11 is 0. The second kappa shape index (κ2) is 7.48. The quantitative estimate of drug-likeness (QED) is 0.411. The number of hydrogen-bond acceptors (Lipinski definition) is 6. The van der Waals surface area contributed by atoms with E-state index in [1.807, 2.05) is 0 Å². The minimum absolute atomic E-state index is 0.179. The Kier molecular flexibility index (Phi) is 4.41. The van der Waals surface area contributed by atoms with Crippen molar-refractivity contribution in [3.8, 4) is 0 Å². The zero-order valence-corrected chi connectivity index (χ0v) is 17.9. The van der Waals surface area contributed by atoms with Gasteiger partial charge in [0.05, 0.1) is 12.7 Å². The molecule has 4 amide bonds. The molecule has 0 unspecified atom stereocenters. The third-order valence-corrected chi connectivity index (χ3v) is 6.34. The fourth-order valence-corrected chi connectivity index (χ4v) is 4.65. The number of carbonyl (C=O) groups excluding carboxylic acids is 4. The molecule has 0 atom stereocenters. The van der Waals surface area contributed by atoms with E-state index in [1.54, 1.807) is 70.8 Å². The summed E-state index contributed by atoms with van der Waals surface area (Å²) < 4.78 is 3.57. The molecule has 0 saturated heterocycles. The fraction of sp³-hybridized carbons (Fsp3) is 0.167. The van der Waals surface area contributed by atoms with Gasteiger partial charge in [-0.05, 0) is 24.3 Å². The zero-order valence-electron chi connectivity index (χ0n) is 17.9. The van der Waals surface area contributed by atoms with E-state index in [1.165, 1.54) is 9.80 Å². The lowest BCUT2D eigenvalue weighted by Crippen LogP contribution is -2.44. The normalized spacial score (nSPS) is 15.1. The summed E-state index contributed by atoms with van der Waals surface area (Å²) in [5.41, 5.74) is 1.25. The number of rotatable bonds is 6. The highest BCUT2D eigenvalue weighted by molar-refractivity contribution is 6.33. The van der Waals surface area contributed by atoms with Crippen molar-refractivity contribution in [3.63, 3.8) is 0 Å². The van der Waals surface area contributed by atoms with E-state index in [9.17, 15) is 19.2 Å². The number of aromatic nitrogens is 4. The molecule has 34 heavy (non-hydrogen) atoms. The van der Waals surface area contributed by atoms with Crippen LogP contribution < -0.4 is 0 Å². The number of imide groups is 2. The van der Waals surface area contributed by atoms with Gasteiger partial charge in [-0.15, -0.1) is 0 Å². The maximum absolute atomic E-state index is 13.3. The van der Waals surface area contributed by atoms with Crippen LogP contribution in [0.1, 0.15) is 41.4 Å². The van der Waals surface area contributed by atoms with Gasteiger partial charge in [-0.2, -0.15) is 0 Å². The van der Waals surface area contributed by atoms with Crippen molar-refractivity contribution >= 4 is 34.4 Å². The van der Waals surface area contributed by atoms with Gasteiger partial charge in [0.25, 0.3) is 23.6 Å². The smallest absolute Gasteiger partial charge is 0.261 e. The maximum Gasteiger partial charge on any atom is 0.261 e. The summed E-state index contributed by atoms with van der Waals surface area (Å²) in [6, 6.07) is 6.30. The molecule has 2 aliphatic rings. The zero-order chi connectivity index (χ0) is 23.4. The Balaban J connectivity index is 1.38. The summed E-state index contributed by atoms with van der Waals surface area (Å²) in [6.07, 6.45) is 10.0. The molecule has 0 fully saturated rings. The van der Waals surface area contributed by atoms with Crippen molar-refractivity contribution in [2.24, 2.45) is 0 Å². The Morgan fingerprint density at radius 2 is 0.882 bits per heavy atom. The molecule has 4 aromatic rings. The molecule has 4 heterocycles. The van der Waals surface area contributed by atoms with Crippen LogP contribution in [0.15, 0.2) is 61.7 Å². The molecule has 2 aromatic carbocycles. The second-order valence-electron chi connectivity index (χ2n) is 8.20. The van der Waals surface area contributed by atoms with Crippen molar-refractivity contribution in [1.82, 2.24) is 28.9 Å². The standard InChI is InChI=1S/C24H18N6O4/c31-21-15-1-2-16-20-18(24(34)30(22(16)32)12-10-28-8-6-26-14-28)4-3-17(19(15)20)23(33)29(21)11-9-27-7-5-25-13-27/h1-8,13-14H,9-12H2. The number of carbonyl (C=O) groups is 4. The van der Waals surface area contributed by atoms with Crippen molar-refractivity contribution in [2.45, 2.75) is 13.1 Å². The molecule has 2 aliphatic heterocycles. The highest BCUT2D eigenvalue weighted by Crippen LogP contribution is 2.37. The summed E-state index contributed by atoms with van der Waals surface area (Å²) in [7, 11) is 0. The van der Waals surface area contributed by atoms with Gasteiger partial charge < -0.3 is 9.13 Å². The average molecular weight is 454 g/mol. The molecule has 0 spiro atoms. The van der Waals surface area contributed by atoms with Gasteiger partial charge in [0, 0.05) is 84.0 Å². The molecule has 0 aliphatic carbocycles. The fourth-order valence-electron chi connectivity index (χ4n) is 4.65. The highest BCUT2D eigenvalue weighted by Gasteiger charge is 2.39. The van der Waals surface area contributed by atoms with Gasteiger partial charge in [-0.25, -0.2) is 9.97 Å². The Morgan fingerprint density at radius 1 is 0.529 bits per heavy atom. The van der Waals surface area contributed by atoms with Gasteiger partial charge in [-0.3, -0.25) is 29.0 Å². The monoisotopic (exact) mass is 454 g/mol. The summed E-state index contributed by atoms with van der Waals surface area (Å²) in [6.45, 7) is 1.18. The predicted octanol–water partition coefficient (Wildman–Crippen LogP) is 1.83. The number of nitrogens with zero attached hydrogens (tertiary/aromatic N) is 6. The van der Waals surface area contributed by atoms with Gasteiger partial charge in [0.15, 0.2) is 0 Å². The van der Waals surface area contributed by atoms with Gasteiger partial charge in [0.2, 0.25) is 0 Å². The topological polar surface area (TPSA) is 110 Å². The third-order valence-electron chi connectivity index (χ3n) is 6.34. The van der Waals surface area contributed by atoms with Crippen LogP contribution in [0.25, 0.3) is 10.8 Å². The van der Waals surface area contributed by atoms with Gasteiger partial charge >= 0.3 is 0 Å². The average Bonchev–Trinajstić information content (AvgIpc) is 3.55. The van der Waals surface area contributed by atoms with Gasteiger partial charge in [0.1, 0.15) is 0 Å². The Labute approximate surface area is 193 Å². The Morgan fingerprint density at radius 3 is 1.18 bits per heavy atom. The number of amides is 4. The van der Waals surface area contributed by atoms with Crippen LogP contribution in [0, 0.1) is 0 Å². The number of benzene rings is 2. The third kappa shape index (κ3) is 2.88. The molecule has 0 saturated carbocycles. The summed E-state index contributed by atoms with van der Waals surface area (Å²) in [5.74, 6) is -1.76. The lowest BCUT2D eigenvalue weighted by molar-refractivity contribution is 0.0583. The predicted molar refractivity (Wildman–Crippen MR) is 119 cm³/mol. The van der Waals surface area contributed by atoms with Crippen molar-refractivity contribution in [2.75, 3.05) is 13.1 Å². The first-order chi connectivity index (χ1) is 16.5. The SMILES string of the molecule is O=C1c2ccc3c4c(ccc(c24)C(=O)N1CCn1ccnc1)C(=O)N(CCn1ccnc1)C3=O. The molecule has 6 rings (SSSR count). The van der Waals surface area contributed by atoms with Crippen LogP contribution in [0.5, 0.6) is 0 Å². The Bertz CT molecular complexity index is 1310. The lowest BCUT2D eigenvalue weighted by Gasteiger charge is -2.32. The molecule has 10 heteroatoms. The maximum atomic E-state index is 13.3. The van der Waals surface area contributed by atoms with E-state index < -0.39 is 23.6 Å².